The van der Waals surface area contributed by atoms with Gasteiger partial charge in [-0.05, 0) is 23.6 Å². The van der Waals surface area contributed by atoms with Crippen LogP contribution in [0.25, 0.3) is 10.4 Å². The molecule has 0 aliphatic heterocycles. The SMILES string of the molecule is COC(=O)[C@H](N=[N+]=[N-])[C@H](O)[C@H](C)CS(=O)c1ccccc1. The molecule has 1 aromatic carbocycles. The van der Waals surface area contributed by atoms with Crippen LogP contribution in [0.4, 0.5) is 0 Å². The van der Waals surface area contributed by atoms with Crippen molar-refractivity contribution in [2.24, 2.45) is 11.0 Å². The van der Waals surface area contributed by atoms with Gasteiger partial charge in [-0.2, -0.15) is 0 Å². The minimum Gasteiger partial charge on any atom is -0.469 e. The van der Waals surface area contributed by atoms with Gasteiger partial charge in [0.25, 0.3) is 0 Å². The van der Waals surface area contributed by atoms with E-state index in [9.17, 15) is 14.1 Å². The lowest BCUT2D eigenvalue weighted by Gasteiger charge is -2.22. The molecule has 0 aliphatic rings. The van der Waals surface area contributed by atoms with Crippen LogP contribution in [0.3, 0.4) is 0 Å². The van der Waals surface area contributed by atoms with E-state index in [0.717, 1.165) is 7.11 Å². The molecule has 0 fully saturated rings. The number of aliphatic hydroxyl groups is 1. The molecule has 0 amide bonds. The van der Waals surface area contributed by atoms with E-state index in [2.05, 4.69) is 14.8 Å². The second kappa shape index (κ2) is 8.41. The molecule has 0 radical (unpaired) electrons. The zero-order chi connectivity index (χ0) is 15.8. The normalized spacial score (nSPS) is 16.1. The van der Waals surface area contributed by atoms with E-state index in [0.29, 0.717) is 4.90 Å². The topological polar surface area (TPSA) is 112 Å². The van der Waals surface area contributed by atoms with Gasteiger partial charge in [-0.15, -0.1) is 0 Å². The molecule has 1 aromatic rings. The van der Waals surface area contributed by atoms with Crippen LogP contribution in [0, 0.1) is 5.92 Å². The third-order valence-corrected chi connectivity index (χ3v) is 4.57. The van der Waals surface area contributed by atoms with E-state index in [4.69, 9.17) is 5.53 Å². The molecule has 0 heterocycles. The summed E-state index contributed by atoms with van der Waals surface area (Å²) in [5.41, 5.74) is 8.45. The Morgan fingerprint density at radius 1 is 1.48 bits per heavy atom. The number of methoxy groups -OCH3 is 1. The standard InChI is InChI=1S/C13H17N3O4S/c1-9(8-21(19)10-6-4-3-5-7-10)12(17)11(15-16-14)13(18)20-2/h3-7,9,11-12,17H,8H2,1-2H3/t9-,11-,12-,21?/m1/s1. The Labute approximate surface area is 125 Å². The average molecular weight is 311 g/mol. The highest BCUT2D eigenvalue weighted by atomic mass is 32.2. The summed E-state index contributed by atoms with van der Waals surface area (Å²) < 4.78 is 16.6. The van der Waals surface area contributed by atoms with Crippen molar-refractivity contribution in [3.63, 3.8) is 0 Å². The monoisotopic (exact) mass is 311 g/mol. The predicted octanol–water partition coefficient (Wildman–Crippen LogP) is 1.64. The van der Waals surface area contributed by atoms with Gasteiger partial charge >= 0.3 is 5.97 Å². The number of rotatable bonds is 7. The van der Waals surface area contributed by atoms with E-state index >= 15 is 0 Å². The third-order valence-electron chi connectivity index (χ3n) is 2.95. The Morgan fingerprint density at radius 3 is 2.62 bits per heavy atom. The minimum atomic E-state index is -1.34. The van der Waals surface area contributed by atoms with Gasteiger partial charge in [0, 0.05) is 15.6 Å². The molecule has 0 saturated carbocycles. The molecule has 0 spiro atoms. The summed E-state index contributed by atoms with van der Waals surface area (Å²) in [6.45, 7) is 1.63. The van der Waals surface area contributed by atoms with Crippen LogP contribution in [0.15, 0.2) is 40.3 Å². The van der Waals surface area contributed by atoms with Crippen molar-refractivity contribution >= 4 is 16.8 Å². The van der Waals surface area contributed by atoms with Gasteiger partial charge in [-0.3, -0.25) is 9.00 Å². The smallest absolute Gasteiger partial charge is 0.317 e. The molecule has 8 heteroatoms. The fourth-order valence-electron chi connectivity index (χ4n) is 1.75. The average Bonchev–Trinajstić information content (AvgIpc) is 2.51. The molecule has 0 aliphatic carbocycles. The first-order valence-electron chi connectivity index (χ1n) is 6.24. The second-order valence-electron chi connectivity index (χ2n) is 4.47. The molecule has 0 aromatic heterocycles. The Hall–Kier alpha value is -1.89. The Kier molecular flexibility index (Phi) is 6.87. The largest absolute Gasteiger partial charge is 0.469 e. The van der Waals surface area contributed by atoms with Crippen LogP contribution in [-0.2, 0) is 20.3 Å². The Balaban J connectivity index is 2.77. The van der Waals surface area contributed by atoms with Crippen LogP contribution < -0.4 is 0 Å². The van der Waals surface area contributed by atoms with Crippen molar-refractivity contribution in [2.45, 2.75) is 24.0 Å². The summed E-state index contributed by atoms with van der Waals surface area (Å²) in [7, 11) is -0.176. The van der Waals surface area contributed by atoms with Crippen molar-refractivity contribution in [2.75, 3.05) is 12.9 Å². The number of benzene rings is 1. The van der Waals surface area contributed by atoms with Gasteiger partial charge in [0.05, 0.1) is 24.0 Å². The zero-order valence-electron chi connectivity index (χ0n) is 11.7. The number of nitrogens with zero attached hydrogens (tertiary/aromatic N) is 3. The second-order valence-corrected chi connectivity index (χ2v) is 5.96. The number of esters is 1. The van der Waals surface area contributed by atoms with Gasteiger partial charge in [0.15, 0.2) is 6.04 Å². The number of carbonyl (C=O) groups is 1. The Bertz CT molecular complexity index is 546. The van der Waals surface area contributed by atoms with Crippen molar-refractivity contribution < 1.29 is 18.8 Å². The lowest BCUT2D eigenvalue weighted by molar-refractivity contribution is -0.145. The molecule has 4 atom stereocenters. The lowest BCUT2D eigenvalue weighted by atomic mass is 10.0. The first-order chi connectivity index (χ1) is 10.0. The molecule has 21 heavy (non-hydrogen) atoms. The van der Waals surface area contributed by atoms with E-state index in [1.165, 1.54) is 0 Å². The van der Waals surface area contributed by atoms with Gasteiger partial charge in [0.2, 0.25) is 0 Å². The number of carbonyl (C=O) groups excluding carboxylic acids is 1. The summed E-state index contributed by atoms with van der Waals surface area (Å²) in [6.07, 6.45) is -1.26. The highest BCUT2D eigenvalue weighted by molar-refractivity contribution is 7.85. The third kappa shape index (κ3) is 4.86. The van der Waals surface area contributed by atoms with Gasteiger partial charge in [-0.25, -0.2) is 0 Å². The van der Waals surface area contributed by atoms with Gasteiger partial charge in [0.1, 0.15) is 0 Å². The van der Waals surface area contributed by atoms with E-state index in [1.807, 2.05) is 6.07 Å². The molecular weight excluding hydrogens is 294 g/mol. The predicted molar refractivity (Wildman–Crippen MR) is 77.8 cm³/mol. The number of ether oxygens (including phenoxy) is 1. The fraction of sp³-hybridized carbons (Fsp3) is 0.462. The number of hydrogen-bond donors (Lipinski definition) is 1. The quantitative estimate of drug-likeness (QED) is 0.357. The summed E-state index contributed by atoms with van der Waals surface area (Å²) in [6, 6.07) is 7.45. The minimum absolute atomic E-state index is 0.139. The maximum Gasteiger partial charge on any atom is 0.317 e. The molecule has 1 unspecified atom stereocenters. The van der Waals surface area contributed by atoms with E-state index < -0.39 is 34.8 Å². The summed E-state index contributed by atoms with van der Waals surface area (Å²) >= 11 is 0. The number of azide groups is 1. The molecule has 0 bridgehead atoms. The van der Waals surface area contributed by atoms with Crippen molar-refractivity contribution in [3.8, 4) is 0 Å². The lowest BCUT2D eigenvalue weighted by Crippen LogP contribution is -2.39. The number of hydrogen-bond acceptors (Lipinski definition) is 5. The van der Waals surface area contributed by atoms with Crippen molar-refractivity contribution in [1.29, 1.82) is 0 Å². The fourth-order valence-corrected chi connectivity index (χ4v) is 3.08. The highest BCUT2D eigenvalue weighted by Gasteiger charge is 2.31. The maximum atomic E-state index is 12.2. The first kappa shape index (κ1) is 17.2. The van der Waals surface area contributed by atoms with Crippen LogP contribution >= 0.6 is 0 Å². The highest BCUT2D eigenvalue weighted by Crippen LogP contribution is 2.16. The van der Waals surface area contributed by atoms with E-state index in [-0.39, 0.29) is 5.75 Å². The zero-order valence-corrected chi connectivity index (χ0v) is 12.6. The molecular formula is C13H17N3O4S. The molecule has 1 N–H and O–H groups in total. The van der Waals surface area contributed by atoms with E-state index in [1.54, 1.807) is 31.2 Å². The first-order valence-corrected chi connectivity index (χ1v) is 7.56. The van der Waals surface area contributed by atoms with Gasteiger partial charge < -0.3 is 9.84 Å². The van der Waals surface area contributed by atoms with Crippen molar-refractivity contribution in [1.82, 2.24) is 0 Å². The molecule has 7 nitrogen and oxygen atoms in total. The summed E-state index contributed by atoms with van der Waals surface area (Å²) in [5.74, 6) is -1.20. The number of aliphatic hydroxyl groups excluding tert-OH is 1. The van der Waals surface area contributed by atoms with Crippen LogP contribution in [0.2, 0.25) is 0 Å². The summed E-state index contributed by atoms with van der Waals surface area (Å²) in [5, 5.41) is 13.4. The Morgan fingerprint density at radius 2 is 2.10 bits per heavy atom. The molecule has 0 saturated heterocycles. The van der Waals surface area contributed by atoms with Crippen molar-refractivity contribution in [3.05, 3.63) is 40.8 Å². The summed E-state index contributed by atoms with van der Waals surface area (Å²) in [4.78, 5) is 14.6. The van der Waals surface area contributed by atoms with Crippen LogP contribution in [0.1, 0.15) is 6.92 Å². The van der Waals surface area contributed by atoms with Gasteiger partial charge in [-0.1, -0.05) is 30.2 Å². The van der Waals surface area contributed by atoms with Crippen LogP contribution in [-0.4, -0.2) is 40.3 Å². The maximum absolute atomic E-state index is 12.2. The molecule has 114 valence electrons. The molecule has 1 rings (SSSR count). The van der Waals surface area contributed by atoms with Crippen LogP contribution in [0.5, 0.6) is 0 Å².